The Morgan fingerprint density at radius 2 is 2.04 bits per heavy atom. The quantitative estimate of drug-likeness (QED) is 0.791. The molecule has 3 heterocycles. The summed E-state index contributed by atoms with van der Waals surface area (Å²) in [6.45, 7) is 7.97. The molecule has 2 aliphatic heterocycles. The second-order valence-corrected chi connectivity index (χ2v) is 8.58. The number of hydrogen-bond acceptors (Lipinski definition) is 5. The Bertz CT molecular complexity index is 625. The minimum Gasteiger partial charge on any atom is -0.355 e. The largest absolute Gasteiger partial charge is 0.355 e. The summed E-state index contributed by atoms with van der Waals surface area (Å²) in [6.07, 6.45) is 3.61. The van der Waals surface area contributed by atoms with Gasteiger partial charge in [-0.05, 0) is 19.3 Å². The van der Waals surface area contributed by atoms with E-state index in [4.69, 9.17) is 0 Å². The lowest BCUT2D eigenvalue weighted by atomic mass is 9.89. The number of aromatic nitrogens is 1. The molecule has 3 rings (SSSR count). The summed E-state index contributed by atoms with van der Waals surface area (Å²) in [4.78, 5) is 31.6. The Hall–Kier alpha value is -1.47. The van der Waals surface area contributed by atoms with Crippen LogP contribution in [0.4, 0.5) is 0 Å². The third-order valence-electron chi connectivity index (χ3n) is 5.23. The van der Waals surface area contributed by atoms with Gasteiger partial charge in [0.1, 0.15) is 0 Å². The van der Waals surface area contributed by atoms with E-state index in [1.807, 2.05) is 4.90 Å². The second kappa shape index (κ2) is 8.95. The highest BCUT2D eigenvalue weighted by atomic mass is 32.1. The molecule has 2 saturated heterocycles. The summed E-state index contributed by atoms with van der Waals surface area (Å²) < 4.78 is 0. The molecule has 0 radical (unpaired) electrons. The minimum atomic E-state index is -0.123. The summed E-state index contributed by atoms with van der Waals surface area (Å²) in [5, 5.41) is 9.53. The molecule has 2 N–H and O–H groups in total. The number of piperidine rings is 1. The Balaban J connectivity index is 1.44. The van der Waals surface area contributed by atoms with E-state index in [-0.39, 0.29) is 23.7 Å². The molecule has 2 aliphatic rings. The fraction of sp³-hybridized carbons (Fsp3) is 0.737. The van der Waals surface area contributed by atoms with E-state index in [2.05, 4.69) is 34.8 Å². The van der Waals surface area contributed by atoms with Gasteiger partial charge in [-0.2, -0.15) is 0 Å². The van der Waals surface area contributed by atoms with Crippen molar-refractivity contribution >= 4 is 23.2 Å². The molecule has 0 saturated carbocycles. The van der Waals surface area contributed by atoms with Crippen molar-refractivity contribution in [2.24, 2.45) is 11.8 Å². The molecule has 1 aromatic heterocycles. The van der Waals surface area contributed by atoms with Gasteiger partial charge >= 0.3 is 0 Å². The number of nitrogens with one attached hydrogen (secondary N) is 2. The van der Waals surface area contributed by atoms with Crippen molar-refractivity contribution < 1.29 is 9.59 Å². The Labute approximate surface area is 159 Å². The molecule has 0 unspecified atom stereocenters. The van der Waals surface area contributed by atoms with Gasteiger partial charge in [0.05, 0.1) is 22.5 Å². The van der Waals surface area contributed by atoms with Crippen LogP contribution < -0.4 is 10.6 Å². The van der Waals surface area contributed by atoms with Gasteiger partial charge in [-0.25, -0.2) is 4.98 Å². The number of carbonyl (C=O) groups excluding carboxylic acids is 2. The maximum absolute atomic E-state index is 12.6. The van der Waals surface area contributed by atoms with Gasteiger partial charge in [0, 0.05) is 50.4 Å². The average molecular weight is 379 g/mol. The van der Waals surface area contributed by atoms with Crippen molar-refractivity contribution in [3.8, 4) is 0 Å². The molecular weight excluding hydrogens is 348 g/mol. The van der Waals surface area contributed by atoms with Crippen molar-refractivity contribution in [2.45, 2.75) is 45.4 Å². The molecule has 7 heteroatoms. The first-order valence-electron chi connectivity index (χ1n) is 9.76. The third kappa shape index (κ3) is 4.82. The molecule has 2 fully saturated rings. The van der Waals surface area contributed by atoms with Crippen molar-refractivity contribution in [1.29, 1.82) is 0 Å². The van der Waals surface area contributed by atoms with Crippen molar-refractivity contribution in [2.75, 3.05) is 32.7 Å². The number of amides is 2. The SMILES string of the molecule is CC(C)c1nc(CCNC(=O)[C@H]2CNC[C@H](C(=O)N3CCCC3)C2)cs1. The maximum Gasteiger partial charge on any atom is 0.226 e. The number of likely N-dealkylation sites (tertiary alicyclic amines) is 1. The Kier molecular flexibility index (Phi) is 6.64. The lowest BCUT2D eigenvalue weighted by Crippen LogP contribution is -2.49. The zero-order valence-corrected chi connectivity index (χ0v) is 16.6. The number of hydrogen-bond donors (Lipinski definition) is 2. The zero-order valence-electron chi connectivity index (χ0n) is 15.8. The van der Waals surface area contributed by atoms with E-state index in [1.165, 1.54) is 0 Å². The van der Waals surface area contributed by atoms with Crippen LogP contribution in [-0.4, -0.2) is 54.4 Å². The summed E-state index contributed by atoms with van der Waals surface area (Å²) >= 11 is 1.68. The number of rotatable bonds is 6. The van der Waals surface area contributed by atoms with E-state index in [1.54, 1.807) is 11.3 Å². The van der Waals surface area contributed by atoms with E-state index >= 15 is 0 Å². The van der Waals surface area contributed by atoms with E-state index in [9.17, 15) is 9.59 Å². The number of nitrogens with zero attached hydrogens (tertiary/aromatic N) is 2. The fourth-order valence-corrected chi connectivity index (χ4v) is 4.56. The lowest BCUT2D eigenvalue weighted by Gasteiger charge is -2.31. The van der Waals surface area contributed by atoms with Crippen LogP contribution in [0.5, 0.6) is 0 Å². The highest BCUT2D eigenvalue weighted by Gasteiger charge is 2.33. The third-order valence-corrected chi connectivity index (χ3v) is 6.43. The summed E-state index contributed by atoms with van der Waals surface area (Å²) in [6, 6.07) is 0. The second-order valence-electron chi connectivity index (χ2n) is 7.69. The normalized spacial score (nSPS) is 23.4. The van der Waals surface area contributed by atoms with E-state index < -0.39 is 0 Å². The van der Waals surface area contributed by atoms with Gasteiger partial charge in [-0.3, -0.25) is 9.59 Å². The van der Waals surface area contributed by atoms with Gasteiger partial charge in [-0.15, -0.1) is 11.3 Å². The molecule has 26 heavy (non-hydrogen) atoms. The maximum atomic E-state index is 12.6. The molecule has 2 atom stereocenters. The molecule has 2 amide bonds. The average Bonchev–Trinajstić information content (AvgIpc) is 3.33. The van der Waals surface area contributed by atoms with E-state index in [0.29, 0.717) is 32.0 Å². The first kappa shape index (κ1) is 19.3. The first-order valence-corrected chi connectivity index (χ1v) is 10.6. The standard InChI is InChI=1S/C19H30N4O2S/c1-13(2)18-22-16(12-26-18)5-6-21-17(24)14-9-15(11-20-10-14)19(25)23-7-3-4-8-23/h12-15,20H,3-11H2,1-2H3,(H,21,24)/t14-,15-/m1/s1. The van der Waals surface area contributed by atoms with Crippen LogP contribution in [-0.2, 0) is 16.0 Å². The topological polar surface area (TPSA) is 74.3 Å². The lowest BCUT2D eigenvalue weighted by molar-refractivity contribution is -0.136. The molecule has 144 valence electrons. The predicted octanol–water partition coefficient (Wildman–Crippen LogP) is 1.77. The van der Waals surface area contributed by atoms with Gasteiger partial charge in [-0.1, -0.05) is 13.8 Å². The Morgan fingerprint density at radius 3 is 2.73 bits per heavy atom. The highest BCUT2D eigenvalue weighted by Crippen LogP contribution is 2.22. The molecule has 0 spiro atoms. The van der Waals surface area contributed by atoms with Crippen molar-refractivity contribution in [1.82, 2.24) is 20.5 Å². The molecule has 6 nitrogen and oxygen atoms in total. The van der Waals surface area contributed by atoms with Crippen LogP contribution in [0.15, 0.2) is 5.38 Å². The molecule has 0 bridgehead atoms. The van der Waals surface area contributed by atoms with Crippen molar-refractivity contribution in [3.63, 3.8) is 0 Å². The number of carbonyl (C=O) groups is 2. The van der Waals surface area contributed by atoms with Gasteiger partial charge < -0.3 is 15.5 Å². The van der Waals surface area contributed by atoms with Gasteiger partial charge in [0.15, 0.2) is 0 Å². The molecule has 1 aromatic rings. The van der Waals surface area contributed by atoms with Gasteiger partial charge in [0.25, 0.3) is 0 Å². The monoisotopic (exact) mass is 378 g/mol. The van der Waals surface area contributed by atoms with Crippen LogP contribution in [0.1, 0.15) is 49.7 Å². The van der Waals surface area contributed by atoms with Crippen LogP contribution in [0, 0.1) is 11.8 Å². The smallest absolute Gasteiger partial charge is 0.226 e. The predicted molar refractivity (Wildman–Crippen MR) is 103 cm³/mol. The zero-order chi connectivity index (χ0) is 18.5. The first-order chi connectivity index (χ1) is 12.5. The van der Waals surface area contributed by atoms with Crippen LogP contribution in [0.3, 0.4) is 0 Å². The summed E-state index contributed by atoms with van der Waals surface area (Å²) in [5.41, 5.74) is 1.04. The van der Waals surface area contributed by atoms with Crippen LogP contribution in [0.2, 0.25) is 0 Å². The van der Waals surface area contributed by atoms with Crippen LogP contribution in [0.25, 0.3) is 0 Å². The summed E-state index contributed by atoms with van der Waals surface area (Å²) in [7, 11) is 0. The van der Waals surface area contributed by atoms with E-state index in [0.717, 1.165) is 43.1 Å². The Morgan fingerprint density at radius 1 is 1.31 bits per heavy atom. The van der Waals surface area contributed by atoms with Crippen LogP contribution >= 0.6 is 11.3 Å². The molecule has 0 aromatic carbocycles. The highest BCUT2D eigenvalue weighted by molar-refractivity contribution is 7.09. The van der Waals surface area contributed by atoms with Crippen molar-refractivity contribution in [3.05, 3.63) is 16.1 Å². The van der Waals surface area contributed by atoms with Gasteiger partial charge in [0.2, 0.25) is 11.8 Å². The molecular formula is C19H30N4O2S. The summed E-state index contributed by atoms with van der Waals surface area (Å²) in [5.74, 6) is 0.528. The minimum absolute atomic E-state index is 0.0516. The fourth-order valence-electron chi connectivity index (χ4n) is 3.69. The number of thiazole rings is 1. The molecule has 0 aliphatic carbocycles.